The van der Waals surface area contributed by atoms with Gasteiger partial charge in [-0.2, -0.15) is 4.98 Å². The summed E-state index contributed by atoms with van der Waals surface area (Å²) in [7, 11) is 1.63. The highest BCUT2D eigenvalue weighted by Crippen LogP contribution is 1.90. The number of nitrogens with one attached hydrogen (secondary N) is 2. The third kappa shape index (κ3) is 3.99. The maximum Gasteiger partial charge on any atom is 0.227 e. The Bertz CT molecular complexity index is 260. The number of nitrogens with zero attached hydrogens (tertiary/aromatic N) is 2. The molecular weight excluding hydrogens is 184 g/mol. The van der Waals surface area contributed by atoms with Crippen molar-refractivity contribution in [2.75, 3.05) is 20.1 Å². The predicted octanol–water partition coefficient (Wildman–Crippen LogP) is -0.662. The van der Waals surface area contributed by atoms with Crippen LogP contribution in [0.1, 0.15) is 12.3 Å². The molecule has 6 nitrogen and oxygen atoms in total. The Labute approximate surface area is 82.1 Å². The molecule has 0 radical (unpaired) electrons. The smallest absolute Gasteiger partial charge is 0.227 e. The number of amides is 1. The summed E-state index contributed by atoms with van der Waals surface area (Å²) in [5.41, 5.74) is 0. The summed E-state index contributed by atoms with van der Waals surface area (Å²) in [6, 6.07) is 0. The van der Waals surface area contributed by atoms with Gasteiger partial charge in [-0.3, -0.25) is 4.79 Å². The van der Waals surface area contributed by atoms with E-state index in [4.69, 9.17) is 4.52 Å². The van der Waals surface area contributed by atoms with Crippen molar-refractivity contribution >= 4 is 5.91 Å². The van der Waals surface area contributed by atoms with Crippen molar-refractivity contribution in [1.82, 2.24) is 20.8 Å². The zero-order valence-electron chi connectivity index (χ0n) is 8.12. The van der Waals surface area contributed by atoms with Crippen LogP contribution in [0.25, 0.3) is 0 Å². The van der Waals surface area contributed by atoms with Gasteiger partial charge in [0.05, 0.1) is 0 Å². The van der Waals surface area contributed by atoms with E-state index in [0.717, 1.165) is 6.54 Å². The van der Waals surface area contributed by atoms with Gasteiger partial charge in [0.2, 0.25) is 11.8 Å². The Morgan fingerprint density at radius 1 is 1.57 bits per heavy atom. The molecule has 0 aliphatic rings. The van der Waals surface area contributed by atoms with E-state index in [0.29, 0.717) is 25.3 Å². The Hall–Kier alpha value is -1.43. The normalized spacial score (nSPS) is 10.1. The summed E-state index contributed by atoms with van der Waals surface area (Å²) >= 11 is 0. The first-order valence-corrected chi connectivity index (χ1v) is 4.50. The molecule has 1 heterocycles. The minimum absolute atomic E-state index is 0.0373. The average Bonchev–Trinajstić information content (AvgIpc) is 2.69. The summed E-state index contributed by atoms with van der Waals surface area (Å²) in [5, 5.41) is 9.13. The van der Waals surface area contributed by atoms with E-state index in [1.165, 1.54) is 6.33 Å². The summed E-state index contributed by atoms with van der Waals surface area (Å²) < 4.78 is 4.80. The van der Waals surface area contributed by atoms with Gasteiger partial charge >= 0.3 is 0 Å². The molecule has 0 atom stereocenters. The number of hydrogen-bond donors (Lipinski definition) is 2. The van der Waals surface area contributed by atoms with E-state index in [9.17, 15) is 4.79 Å². The second-order valence-electron chi connectivity index (χ2n) is 2.76. The van der Waals surface area contributed by atoms with Crippen molar-refractivity contribution in [3.63, 3.8) is 0 Å². The molecule has 0 saturated heterocycles. The number of aromatic nitrogens is 2. The molecule has 1 aromatic heterocycles. The van der Waals surface area contributed by atoms with Gasteiger partial charge in [0.1, 0.15) is 0 Å². The zero-order chi connectivity index (χ0) is 10.2. The highest BCUT2D eigenvalue weighted by molar-refractivity contribution is 5.75. The third-order valence-electron chi connectivity index (χ3n) is 1.73. The van der Waals surface area contributed by atoms with Gasteiger partial charge < -0.3 is 15.2 Å². The van der Waals surface area contributed by atoms with Crippen LogP contribution in [0.4, 0.5) is 0 Å². The standard InChI is InChI=1S/C8H14N4O2/c1-9-7(13)2-4-10-5-3-8-11-6-12-14-8/h6,10H,2-5H2,1H3,(H,9,13). The maximum atomic E-state index is 10.8. The van der Waals surface area contributed by atoms with Crippen molar-refractivity contribution in [2.45, 2.75) is 12.8 Å². The van der Waals surface area contributed by atoms with Gasteiger partial charge in [-0.05, 0) is 0 Å². The summed E-state index contributed by atoms with van der Waals surface area (Å²) in [6.07, 6.45) is 2.55. The van der Waals surface area contributed by atoms with Crippen molar-refractivity contribution in [2.24, 2.45) is 0 Å². The molecule has 0 saturated carbocycles. The van der Waals surface area contributed by atoms with Gasteiger partial charge in [-0.1, -0.05) is 5.16 Å². The van der Waals surface area contributed by atoms with E-state index < -0.39 is 0 Å². The van der Waals surface area contributed by atoms with Gasteiger partial charge in [-0.15, -0.1) is 0 Å². The monoisotopic (exact) mass is 198 g/mol. The lowest BCUT2D eigenvalue weighted by Crippen LogP contribution is -2.26. The van der Waals surface area contributed by atoms with E-state index in [1.807, 2.05) is 0 Å². The van der Waals surface area contributed by atoms with Gasteiger partial charge in [0.15, 0.2) is 6.33 Å². The van der Waals surface area contributed by atoms with Gasteiger partial charge in [-0.25, -0.2) is 0 Å². The number of carbonyl (C=O) groups excluding carboxylic acids is 1. The first-order chi connectivity index (χ1) is 6.83. The molecule has 14 heavy (non-hydrogen) atoms. The molecular formula is C8H14N4O2. The first kappa shape index (κ1) is 10.6. The van der Waals surface area contributed by atoms with E-state index >= 15 is 0 Å². The molecule has 1 amide bonds. The van der Waals surface area contributed by atoms with Crippen LogP contribution in [-0.2, 0) is 11.2 Å². The summed E-state index contributed by atoms with van der Waals surface area (Å²) in [5.74, 6) is 0.646. The Balaban J connectivity index is 1.97. The first-order valence-electron chi connectivity index (χ1n) is 4.50. The minimum atomic E-state index is 0.0373. The van der Waals surface area contributed by atoms with E-state index in [-0.39, 0.29) is 5.91 Å². The Morgan fingerprint density at radius 3 is 3.07 bits per heavy atom. The Morgan fingerprint density at radius 2 is 2.43 bits per heavy atom. The van der Waals surface area contributed by atoms with Crippen LogP contribution in [0.3, 0.4) is 0 Å². The highest BCUT2D eigenvalue weighted by atomic mass is 16.5. The highest BCUT2D eigenvalue weighted by Gasteiger charge is 1.99. The van der Waals surface area contributed by atoms with Crippen LogP contribution in [0.5, 0.6) is 0 Å². The molecule has 2 N–H and O–H groups in total. The molecule has 6 heteroatoms. The fraction of sp³-hybridized carbons (Fsp3) is 0.625. The van der Waals surface area contributed by atoms with Crippen LogP contribution < -0.4 is 10.6 Å². The number of rotatable bonds is 6. The lowest BCUT2D eigenvalue weighted by molar-refractivity contribution is -0.120. The topological polar surface area (TPSA) is 80.0 Å². The fourth-order valence-electron chi connectivity index (χ4n) is 0.953. The number of carbonyl (C=O) groups is 1. The molecule has 0 unspecified atom stereocenters. The predicted molar refractivity (Wildman–Crippen MR) is 49.6 cm³/mol. The SMILES string of the molecule is CNC(=O)CCNCCc1ncno1. The van der Waals surface area contributed by atoms with Crippen molar-refractivity contribution in [3.8, 4) is 0 Å². The average molecular weight is 198 g/mol. The Kier molecular flexibility index (Phi) is 4.63. The molecule has 1 aromatic rings. The van der Waals surface area contributed by atoms with Crippen LogP contribution in [0, 0.1) is 0 Å². The number of hydrogen-bond acceptors (Lipinski definition) is 5. The van der Waals surface area contributed by atoms with Crippen molar-refractivity contribution in [3.05, 3.63) is 12.2 Å². The molecule has 0 spiro atoms. The van der Waals surface area contributed by atoms with Crippen LogP contribution >= 0.6 is 0 Å². The molecule has 0 fully saturated rings. The molecule has 0 aliphatic heterocycles. The fourth-order valence-corrected chi connectivity index (χ4v) is 0.953. The maximum absolute atomic E-state index is 10.8. The summed E-state index contributed by atoms with van der Waals surface area (Å²) in [4.78, 5) is 14.7. The quantitative estimate of drug-likeness (QED) is 0.593. The molecule has 0 aliphatic carbocycles. The van der Waals surface area contributed by atoms with Gasteiger partial charge in [0, 0.05) is 33.0 Å². The van der Waals surface area contributed by atoms with Crippen molar-refractivity contribution < 1.29 is 9.32 Å². The van der Waals surface area contributed by atoms with Gasteiger partial charge in [0.25, 0.3) is 0 Å². The summed E-state index contributed by atoms with van der Waals surface area (Å²) in [6.45, 7) is 1.40. The lowest BCUT2D eigenvalue weighted by Gasteiger charge is -2.01. The largest absolute Gasteiger partial charge is 0.359 e. The van der Waals surface area contributed by atoms with Crippen molar-refractivity contribution in [1.29, 1.82) is 0 Å². The van der Waals surface area contributed by atoms with Crippen LogP contribution in [0.2, 0.25) is 0 Å². The van der Waals surface area contributed by atoms with E-state index in [2.05, 4.69) is 20.8 Å². The minimum Gasteiger partial charge on any atom is -0.359 e. The molecule has 78 valence electrons. The van der Waals surface area contributed by atoms with Crippen LogP contribution in [0.15, 0.2) is 10.9 Å². The third-order valence-corrected chi connectivity index (χ3v) is 1.73. The molecule has 0 aromatic carbocycles. The zero-order valence-corrected chi connectivity index (χ0v) is 8.12. The second-order valence-corrected chi connectivity index (χ2v) is 2.76. The van der Waals surface area contributed by atoms with E-state index in [1.54, 1.807) is 7.05 Å². The second kappa shape index (κ2) is 6.09. The molecule has 1 rings (SSSR count). The van der Waals surface area contributed by atoms with Crippen LogP contribution in [-0.4, -0.2) is 36.2 Å². The lowest BCUT2D eigenvalue weighted by atomic mass is 10.3. The molecule has 0 bridgehead atoms.